The monoisotopic (exact) mass is 429 g/mol. The van der Waals surface area contributed by atoms with E-state index in [1.165, 1.54) is 17.7 Å². The number of cyclic esters (lactones) is 1. The molecule has 2 aromatic carbocycles. The molecule has 2 fully saturated rings. The largest absolute Gasteiger partial charge is 0.458 e. The van der Waals surface area contributed by atoms with Crippen LogP contribution in [0.4, 0.5) is 4.39 Å². The van der Waals surface area contributed by atoms with Crippen LogP contribution in [-0.4, -0.2) is 28.3 Å². The molecule has 5 heteroatoms. The maximum Gasteiger partial charge on any atom is 0.309 e. The Balaban J connectivity index is 1.63. The summed E-state index contributed by atoms with van der Waals surface area (Å²) < 4.78 is 19.0. The molecule has 32 heavy (non-hydrogen) atoms. The van der Waals surface area contributed by atoms with Gasteiger partial charge in [0, 0.05) is 23.1 Å². The summed E-state index contributed by atoms with van der Waals surface area (Å²) in [4.78, 5) is 16.7. The zero-order valence-electron chi connectivity index (χ0n) is 17.6. The number of hydrogen-bond acceptors (Lipinski definition) is 4. The molecule has 1 aliphatic carbocycles. The van der Waals surface area contributed by atoms with E-state index in [9.17, 15) is 14.3 Å². The summed E-state index contributed by atoms with van der Waals surface area (Å²) in [5, 5.41) is 9.94. The molecular weight excluding hydrogens is 405 g/mol. The Bertz CT molecular complexity index is 1150. The maximum atomic E-state index is 13.6. The summed E-state index contributed by atoms with van der Waals surface area (Å²) in [7, 11) is 0. The van der Waals surface area contributed by atoms with Gasteiger partial charge < -0.3 is 9.84 Å². The van der Waals surface area contributed by atoms with E-state index in [1.54, 1.807) is 12.1 Å². The van der Waals surface area contributed by atoms with Crippen LogP contribution in [0, 0.1) is 5.82 Å². The molecule has 3 aromatic rings. The Morgan fingerprint density at radius 2 is 1.78 bits per heavy atom. The van der Waals surface area contributed by atoms with Crippen LogP contribution < -0.4 is 0 Å². The smallest absolute Gasteiger partial charge is 0.309 e. The van der Waals surface area contributed by atoms with Crippen molar-refractivity contribution in [1.29, 1.82) is 0 Å². The Kier molecular flexibility index (Phi) is 5.58. The fraction of sp³-hybridized carbons (Fsp3) is 0.259. The molecule has 2 atom stereocenters. The van der Waals surface area contributed by atoms with Crippen molar-refractivity contribution in [2.24, 2.45) is 0 Å². The number of hydrogen-bond donors (Lipinski definition) is 1. The van der Waals surface area contributed by atoms with E-state index >= 15 is 0 Å². The average Bonchev–Trinajstić information content (AvgIpc) is 3.63. The van der Waals surface area contributed by atoms with Gasteiger partial charge in [-0.1, -0.05) is 36.4 Å². The fourth-order valence-corrected chi connectivity index (χ4v) is 4.20. The van der Waals surface area contributed by atoms with Gasteiger partial charge >= 0.3 is 5.97 Å². The molecule has 2 aliphatic rings. The second-order valence-electron chi connectivity index (χ2n) is 8.49. The van der Waals surface area contributed by atoms with Gasteiger partial charge in [0.1, 0.15) is 11.9 Å². The number of nitrogens with zero attached hydrogens (tertiary/aromatic N) is 1. The zero-order valence-corrected chi connectivity index (χ0v) is 17.6. The number of benzene rings is 2. The molecule has 1 saturated heterocycles. The molecule has 2 heterocycles. The first-order valence-corrected chi connectivity index (χ1v) is 11.0. The SMILES string of the molecule is O=C1C[C@H](O)C[C@@H](/C=C/c2c(C3CC3)cc(-c3ccccc3)nc2-c2ccc(F)cc2)O1. The lowest BCUT2D eigenvalue weighted by atomic mass is 9.94. The number of carbonyl (C=O) groups is 1. The van der Waals surface area contributed by atoms with Gasteiger partial charge in [-0.05, 0) is 60.7 Å². The summed E-state index contributed by atoms with van der Waals surface area (Å²) in [6, 6.07) is 18.5. The molecule has 1 saturated carbocycles. The number of ether oxygens (including phenoxy) is 1. The molecule has 0 spiro atoms. The van der Waals surface area contributed by atoms with Gasteiger partial charge in [-0.25, -0.2) is 9.37 Å². The van der Waals surface area contributed by atoms with Gasteiger partial charge in [-0.15, -0.1) is 0 Å². The molecule has 0 amide bonds. The second-order valence-corrected chi connectivity index (χ2v) is 8.49. The van der Waals surface area contributed by atoms with Gasteiger partial charge in [0.05, 0.1) is 23.9 Å². The lowest BCUT2D eigenvalue weighted by Gasteiger charge is -2.23. The third-order valence-electron chi connectivity index (χ3n) is 5.96. The number of aromatic nitrogens is 1. The van der Waals surface area contributed by atoms with Crippen molar-refractivity contribution in [2.45, 2.75) is 43.8 Å². The summed E-state index contributed by atoms with van der Waals surface area (Å²) in [6.45, 7) is 0. The van der Waals surface area contributed by atoms with Crippen molar-refractivity contribution < 1.29 is 19.0 Å². The van der Waals surface area contributed by atoms with E-state index < -0.39 is 18.2 Å². The Labute approximate surface area is 186 Å². The van der Waals surface area contributed by atoms with E-state index in [1.807, 2.05) is 42.5 Å². The third kappa shape index (κ3) is 4.48. The fourth-order valence-electron chi connectivity index (χ4n) is 4.20. The number of aliphatic hydroxyl groups excluding tert-OH is 1. The quantitative estimate of drug-likeness (QED) is 0.543. The van der Waals surface area contributed by atoms with Gasteiger partial charge in [-0.2, -0.15) is 0 Å². The topological polar surface area (TPSA) is 59.4 Å². The normalized spacial score (nSPS) is 21.0. The summed E-state index contributed by atoms with van der Waals surface area (Å²) in [5.41, 5.74) is 5.65. The van der Waals surface area contributed by atoms with Crippen LogP contribution in [0.1, 0.15) is 42.7 Å². The van der Waals surface area contributed by atoms with E-state index in [2.05, 4.69) is 6.07 Å². The van der Waals surface area contributed by atoms with Gasteiger partial charge in [0.2, 0.25) is 0 Å². The number of aliphatic hydroxyl groups is 1. The first-order valence-electron chi connectivity index (χ1n) is 11.0. The molecule has 0 unspecified atom stereocenters. The van der Waals surface area contributed by atoms with Crippen molar-refractivity contribution >= 4 is 12.0 Å². The van der Waals surface area contributed by atoms with E-state index in [0.717, 1.165) is 40.9 Å². The second kappa shape index (κ2) is 8.67. The third-order valence-corrected chi connectivity index (χ3v) is 5.96. The van der Waals surface area contributed by atoms with Crippen molar-refractivity contribution in [1.82, 2.24) is 4.98 Å². The minimum atomic E-state index is -0.691. The molecule has 4 nitrogen and oxygen atoms in total. The highest BCUT2D eigenvalue weighted by atomic mass is 19.1. The highest BCUT2D eigenvalue weighted by Crippen LogP contribution is 2.45. The lowest BCUT2D eigenvalue weighted by Crippen LogP contribution is -2.31. The van der Waals surface area contributed by atoms with Crippen LogP contribution in [0.2, 0.25) is 0 Å². The van der Waals surface area contributed by atoms with Gasteiger partial charge in [0.15, 0.2) is 0 Å². The van der Waals surface area contributed by atoms with Crippen molar-refractivity contribution in [3.63, 3.8) is 0 Å². The van der Waals surface area contributed by atoms with Crippen molar-refractivity contribution in [3.8, 4) is 22.5 Å². The molecule has 0 radical (unpaired) electrons. The zero-order chi connectivity index (χ0) is 22.1. The number of pyridine rings is 1. The Hall–Kier alpha value is -3.31. The van der Waals surface area contributed by atoms with Crippen LogP contribution in [0.5, 0.6) is 0 Å². The first-order chi connectivity index (χ1) is 15.6. The Morgan fingerprint density at radius 3 is 2.47 bits per heavy atom. The highest BCUT2D eigenvalue weighted by molar-refractivity contribution is 5.79. The number of halogens is 1. The predicted octanol–water partition coefficient (Wildman–Crippen LogP) is 5.51. The molecule has 1 N–H and O–H groups in total. The van der Waals surface area contributed by atoms with E-state index in [-0.39, 0.29) is 12.2 Å². The van der Waals surface area contributed by atoms with Crippen LogP contribution in [0.3, 0.4) is 0 Å². The predicted molar refractivity (Wildman–Crippen MR) is 121 cm³/mol. The van der Waals surface area contributed by atoms with Gasteiger partial charge in [0.25, 0.3) is 0 Å². The van der Waals surface area contributed by atoms with Crippen LogP contribution in [0.25, 0.3) is 28.6 Å². The lowest BCUT2D eigenvalue weighted by molar-refractivity contribution is -0.156. The van der Waals surface area contributed by atoms with Crippen LogP contribution in [0.15, 0.2) is 66.7 Å². The standard InChI is InChI=1S/C27H24FNO3/c28-20-10-8-19(9-11-20)27-23(13-12-22-14-21(30)15-26(31)32-22)24(17-6-7-17)16-25(29-27)18-4-2-1-3-5-18/h1-5,8-13,16-17,21-22,30H,6-7,14-15H2/b13-12+/t21-,22-/m1/s1. The summed E-state index contributed by atoms with van der Waals surface area (Å²) in [6.07, 6.45) is 5.24. The highest BCUT2D eigenvalue weighted by Gasteiger charge is 2.29. The molecule has 1 aromatic heterocycles. The molecule has 162 valence electrons. The molecule has 5 rings (SSSR count). The minimum absolute atomic E-state index is 0.0336. The van der Waals surface area contributed by atoms with E-state index in [4.69, 9.17) is 9.72 Å². The summed E-state index contributed by atoms with van der Waals surface area (Å²) >= 11 is 0. The van der Waals surface area contributed by atoms with E-state index in [0.29, 0.717) is 12.3 Å². The Morgan fingerprint density at radius 1 is 1.03 bits per heavy atom. The van der Waals surface area contributed by atoms with Crippen molar-refractivity contribution in [3.05, 3.63) is 83.7 Å². The first kappa shape index (κ1) is 20.6. The van der Waals surface area contributed by atoms with Crippen LogP contribution >= 0.6 is 0 Å². The molecular formula is C27H24FNO3. The number of rotatable bonds is 5. The van der Waals surface area contributed by atoms with Crippen LogP contribution in [-0.2, 0) is 9.53 Å². The average molecular weight is 429 g/mol. The van der Waals surface area contributed by atoms with Gasteiger partial charge in [-0.3, -0.25) is 4.79 Å². The molecule has 1 aliphatic heterocycles. The number of esters is 1. The minimum Gasteiger partial charge on any atom is -0.458 e. The maximum absolute atomic E-state index is 13.6. The van der Waals surface area contributed by atoms with Crippen molar-refractivity contribution in [2.75, 3.05) is 0 Å². The number of carbonyl (C=O) groups excluding carboxylic acids is 1. The summed E-state index contributed by atoms with van der Waals surface area (Å²) in [5.74, 6) is -0.244. The molecule has 0 bridgehead atoms.